The van der Waals surface area contributed by atoms with E-state index in [4.69, 9.17) is 0 Å². The van der Waals surface area contributed by atoms with Crippen molar-refractivity contribution in [1.29, 1.82) is 0 Å². The minimum absolute atomic E-state index is 0.160. The fourth-order valence-electron chi connectivity index (χ4n) is 2.54. The summed E-state index contributed by atoms with van der Waals surface area (Å²) in [7, 11) is -3.41. The molecule has 0 saturated heterocycles. The van der Waals surface area contributed by atoms with Crippen molar-refractivity contribution in [3.8, 4) is 0 Å². The number of benzene rings is 1. The Labute approximate surface area is 145 Å². The Bertz CT molecular complexity index is 923. The predicted octanol–water partition coefficient (Wildman–Crippen LogP) is -0.229. The highest BCUT2D eigenvalue weighted by Gasteiger charge is 2.39. The number of rotatable bonds is 6. The van der Waals surface area contributed by atoms with Crippen molar-refractivity contribution in [3.63, 3.8) is 0 Å². The zero-order valence-corrected chi connectivity index (χ0v) is 14.3. The molecule has 3 N–H and O–H groups in total. The van der Waals surface area contributed by atoms with Gasteiger partial charge in [0.15, 0.2) is 0 Å². The van der Waals surface area contributed by atoms with Gasteiger partial charge >= 0.3 is 0 Å². The molecule has 1 aliphatic rings. The molecule has 132 valence electrons. The van der Waals surface area contributed by atoms with E-state index in [0.29, 0.717) is 12.0 Å². The maximum atomic E-state index is 12.5. The molecule has 9 heteroatoms. The smallest absolute Gasteiger partial charge is 0.252 e. The normalized spacial score (nSPS) is 19.4. The summed E-state index contributed by atoms with van der Waals surface area (Å²) in [4.78, 5) is 28.2. The van der Waals surface area contributed by atoms with E-state index in [1.54, 1.807) is 30.6 Å². The van der Waals surface area contributed by atoms with Crippen LogP contribution in [0.3, 0.4) is 0 Å². The van der Waals surface area contributed by atoms with Crippen molar-refractivity contribution in [2.24, 2.45) is 0 Å². The molecule has 0 bridgehead atoms. The summed E-state index contributed by atoms with van der Waals surface area (Å²) < 4.78 is 24.0. The van der Waals surface area contributed by atoms with Gasteiger partial charge in [-0.05, 0) is 23.9 Å². The van der Waals surface area contributed by atoms with Crippen LogP contribution in [0.15, 0.2) is 36.7 Å². The zero-order chi connectivity index (χ0) is 18.0. The van der Waals surface area contributed by atoms with E-state index >= 15 is 0 Å². The summed E-state index contributed by atoms with van der Waals surface area (Å²) in [5.74, 6) is -0.642. The van der Waals surface area contributed by atoms with Crippen LogP contribution >= 0.6 is 0 Å². The monoisotopic (exact) mass is 362 g/mol. The van der Waals surface area contributed by atoms with Crippen molar-refractivity contribution < 1.29 is 18.0 Å². The second kappa shape index (κ2) is 6.77. The standard InChI is InChI=1S/C16H18N4O4S/c1-25(23,24)18-9-15(21)19-13-7-14(13)20-16(22)12-4-2-3-10-8-17-6-5-11(10)12/h2-6,8,13-14,18H,7,9H2,1H3,(H,19,21)(H,20,22)/t13-,14-/m0/s1. The minimum Gasteiger partial charge on any atom is -0.350 e. The van der Waals surface area contributed by atoms with Gasteiger partial charge < -0.3 is 10.6 Å². The van der Waals surface area contributed by atoms with Crippen LogP contribution in [0.5, 0.6) is 0 Å². The van der Waals surface area contributed by atoms with E-state index in [0.717, 1.165) is 17.0 Å². The highest BCUT2D eigenvalue weighted by molar-refractivity contribution is 7.88. The highest BCUT2D eigenvalue weighted by atomic mass is 32.2. The SMILES string of the molecule is CS(=O)(=O)NCC(=O)N[C@H]1C[C@@H]1NC(=O)c1cccc2cnccc12. The maximum absolute atomic E-state index is 12.5. The number of nitrogens with one attached hydrogen (secondary N) is 3. The zero-order valence-electron chi connectivity index (χ0n) is 13.5. The number of fused-ring (bicyclic) bond motifs is 1. The van der Waals surface area contributed by atoms with Crippen LogP contribution in [0.25, 0.3) is 10.8 Å². The van der Waals surface area contributed by atoms with Crippen LogP contribution in [0.2, 0.25) is 0 Å². The number of hydrogen-bond acceptors (Lipinski definition) is 5. The van der Waals surface area contributed by atoms with E-state index in [2.05, 4.69) is 20.3 Å². The molecule has 0 unspecified atom stereocenters. The summed E-state index contributed by atoms with van der Waals surface area (Å²) in [5, 5.41) is 7.25. The molecule has 1 saturated carbocycles. The molecule has 1 aromatic heterocycles. The first-order valence-electron chi connectivity index (χ1n) is 7.71. The largest absolute Gasteiger partial charge is 0.350 e. The van der Waals surface area contributed by atoms with Crippen LogP contribution in [0.4, 0.5) is 0 Å². The van der Waals surface area contributed by atoms with Crippen molar-refractivity contribution in [3.05, 3.63) is 42.2 Å². The Morgan fingerprint density at radius 3 is 2.72 bits per heavy atom. The van der Waals surface area contributed by atoms with Gasteiger partial charge in [0.2, 0.25) is 15.9 Å². The minimum atomic E-state index is -3.41. The summed E-state index contributed by atoms with van der Waals surface area (Å²) in [6, 6.07) is 6.86. The molecule has 2 amide bonds. The van der Waals surface area contributed by atoms with Gasteiger partial charge in [0.1, 0.15) is 0 Å². The molecule has 1 aromatic carbocycles. The fraction of sp³-hybridized carbons (Fsp3) is 0.312. The molecule has 0 spiro atoms. The van der Waals surface area contributed by atoms with Crippen molar-refractivity contribution in [2.75, 3.05) is 12.8 Å². The number of pyridine rings is 1. The molecular weight excluding hydrogens is 344 g/mol. The molecule has 25 heavy (non-hydrogen) atoms. The lowest BCUT2D eigenvalue weighted by Crippen LogP contribution is -2.40. The summed E-state index contributed by atoms with van der Waals surface area (Å²) in [6.07, 6.45) is 4.93. The third-order valence-corrected chi connectivity index (χ3v) is 4.54. The first kappa shape index (κ1) is 17.3. The van der Waals surface area contributed by atoms with Crippen LogP contribution in [-0.2, 0) is 14.8 Å². The highest BCUT2D eigenvalue weighted by Crippen LogP contribution is 2.23. The quantitative estimate of drug-likeness (QED) is 0.656. The summed E-state index contributed by atoms with van der Waals surface area (Å²) in [6.45, 7) is -0.313. The Balaban J connectivity index is 1.56. The molecule has 3 rings (SSSR count). The van der Waals surface area contributed by atoms with Crippen LogP contribution in [-0.4, -0.2) is 50.1 Å². The number of sulfonamides is 1. The first-order chi connectivity index (χ1) is 11.8. The second-order valence-electron chi connectivity index (χ2n) is 5.99. The molecule has 1 aliphatic carbocycles. The average Bonchev–Trinajstić information content (AvgIpc) is 3.29. The van der Waals surface area contributed by atoms with Gasteiger partial charge in [-0.1, -0.05) is 12.1 Å². The lowest BCUT2D eigenvalue weighted by molar-refractivity contribution is -0.120. The van der Waals surface area contributed by atoms with Crippen molar-refractivity contribution >= 4 is 32.6 Å². The van der Waals surface area contributed by atoms with E-state index in [1.807, 2.05) is 6.07 Å². The number of aromatic nitrogens is 1. The van der Waals surface area contributed by atoms with E-state index in [1.165, 1.54) is 0 Å². The van der Waals surface area contributed by atoms with Gasteiger partial charge in [-0.25, -0.2) is 13.1 Å². The van der Waals surface area contributed by atoms with Crippen molar-refractivity contribution in [1.82, 2.24) is 20.3 Å². The van der Waals surface area contributed by atoms with E-state index in [-0.39, 0.29) is 24.5 Å². The van der Waals surface area contributed by atoms with Crippen LogP contribution in [0, 0.1) is 0 Å². The molecule has 8 nitrogen and oxygen atoms in total. The number of carbonyl (C=O) groups excluding carboxylic acids is 2. The lowest BCUT2D eigenvalue weighted by atomic mass is 10.1. The summed E-state index contributed by atoms with van der Waals surface area (Å²) >= 11 is 0. The average molecular weight is 362 g/mol. The molecule has 2 atom stereocenters. The van der Waals surface area contributed by atoms with Gasteiger partial charge in [-0.2, -0.15) is 0 Å². The Hall–Kier alpha value is -2.52. The second-order valence-corrected chi connectivity index (χ2v) is 7.82. The predicted molar refractivity (Wildman–Crippen MR) is 92.4 cm³/mol. The number of amides is 2. The lowest BCUT2D eigenvalue weighted by Gasteiger charge is -2.08. The Morgan fingerprint density at radius 1 is 1.20 bits per heavy atom. The molecule has 2 aromatic rings. The molecule has 1 heterocycles. The van der Waals surface area contributed by atoms with E-state index < -0.39 is 15.9 Å². The molecule has 0 radical (unpaired) electrons. The fourth-order valence-corrected chi connectivity index (χ4v) is 2.93. The first-order valence-corrected chi connectivity index (χ1v) is 9.60. The topological polar surface area (TPSA) is 117 Å². The van der Waals surface area contributed by atoms with Crippen LogP contribution in [0.1, 0.15) is 16.8 Å². The summed E-state index contributed by atoms with van der Waals surface area (Å²) in [5.41, 5.74) is 0.551. The van der Waals surface area contributed by atoms with Crippen LogP contribution < -0.4 is 15.4 Å². The van der Waals surface area contributed by atoms with Gasteiger partial charge in [0.25, 0.3) is 5.91 Å². The van der Waals surface area contributed by atoms with Gasteiger partial charge in [0.05, 0.1) is 24.9 Å². The molecule has 0 aliphatic heterocycles. The van der Waals surface area contributed by atoms with Gasteiger partial charge in [0, 0.05) is 23.3 Å². The van der Waals surface area contributed by atoms with Gasteiger partial charge in [-0.3, -0.25) is 14.6 Å². The Morgan fingerprint density at radius 2 is 1.96 bits per heavy atom. The van der Waals surface area contributed by atoms with Crippen molar-refractivity contribution in [2.45, 2.75) is 18.5 Å². The third-order valence-electron chi connectivity index (χ3n) is 3.87. The van der Waals surface area contributed by atoms with E-state index in [9.17, 15) is 18.0 Å². The Kier molecular flexibility index (Phi) is 4.69. The molecular formula is C16H18N4O4S. The maximum Gasteiger partial charge on any atom is 0.252 e. The number of hydrogen-bond donors (Lipinski definition) is 3. The number of nitrogens with zero attached hydrogens (tertiary/aromatic N) is 1. The number of carbonyl (C=O) groups is 2. The third kappa shape index (κ3) is 4.52. The molecule has 1 fully saturated rings. The van der Waals surface area contributed by atoms with Gasteiger partial charge in [-0.15, -0.1) is 0 Å².